The number of carbonyl (C=O) groups is 1. The zero-order chi connectivity index (χ0) is 13.9. The van der Waals surface area contributed by atoms with Gasteiger partial charge in [-0.1, -0.05) is 17.3 Å². The van der Waals surface area contributed by atoms with Crippen molar-refractivity contribution in [3.63, 3.8) is 0 Å². The maximum absolute atomic E-state index is 10.8. The third-order valence-corrected chi connectivity index (χ3v) is 2.72. The van der Waals surface area contributed by atoms with E-state index in [4.69, 9.17) is 9.63 Å². The fraction of sp³-hybridized carbons (Fsp3) is 0. The standard InChI is InChI=1S/C14H9N3O3/c18-14(19)10-5-3-9(4-6-10)12-16-13(20-17-12)11-2-1-7-15-8-11/h1-8H,(H,18,19). The maximum Gasteiger partial charge on any atom is 0.335 e. The molecule has 0 fully saturated rings. The third kappa shape index (κ3) is 2.26. The van der Waals surface area contributed by atoms with E-state index in [1.54, 1.807) is 30.6 Å². The van der Waals surface area contributed by atoms with Crippen LogP contribution in [0.2, 0.25) is 0 Å². The maximum atomic E-state index is 10.8. The molecule has 6 heteroatoms. The van der Waals surface area contributed by atoms with Gasteiger partial charge in [-0.05, 0) is 24.3 Å². The Balaban J connectivity index is 1.92. The summed E-state index contributed by atoms with van der Waals surface area (Å²) < 4.78 is 5.17. The van der Waals surface area contributed by atoms with Crippen molar-refractivity contribution in [3.05, 3.63) is 54.4 Å². The second kappa shape index (κ2) is 4.93. The van der Waals surface area contributed by atoms with Gasteiger partial charge in [0.1, 0.15) is 0 Å². The summed E-state index contributed by atoms with van der Waals surface area (Å²) in [6, 6.07) is 9.87. The van der Waals surface area contributed by atoms with Gasteiger partial charge in [-0.2, -0.15) is 4.98 Å². The molecule has 1 N–H and O–H groups in total. The molecule has 0 saturated heterocycles. The van der Waals surface area contributed by atoms with Crippen LogP contribution in [-0.2, 0) is 0 Å². The Morgan fingerprint density at radius 3 is 2.55 bits per heavy atom. The molecular formula is C14H9N3O3. The Bertz CT molecular complexity index is 736. The summed E-state index contributed by atoms with van der Waals surface area (Å²) in [6.45, 7) is 0. The van der Waals surface area contributed by atoms with Crippen LogP contribution in [0.15, 0.2) is 53.3 Å². The lowest BCUT2D eigenvalue weighted by atomic mass is 10.1. The highest BCUT2D eigenvalue weighted by Crippen LogP contribution is 2.21. The SMILES string of the molecule is O=C(O)c1ccc(-c2noc(-c3cccnc3)n2)cc1. The van der Waals surface area contributed by atoms with Crippen molar-refractivity contribution in [3.8, 4) is 22.8 Å². The first-order chi connectivity index (χ1) is 9.74. The number of benzene rings is 1. The zero-order valence-electron chi connectivity index (χ0n) is 10.2. The zero-order valence-corrected chi connectivity index (χ0v) is 10.2. The van der Waals surface area contributed by atoms with Crippen LogP contribution in [0.25, 0.3) is 22.8 Å². The van der Waals surface area contributed by atoms with Gasteiger partial charge in [0, 0.05) is 18.0 Å². The van der Waals surface area contributed by atoms with Crippen molar-refractivity contribution in [1.82, 2.24) is 15.1 Å². The lowest BCUT2D eigenvalue weighted by molar-refractivity contribution is 0.0697. The number of carboxylic acids is 1. The molecule has 0 bridgehead atoms. The summed E-state index contributed by atoms with van der Waals surface area (Å²) in [5.74, 6) is -0.197. The number of pyridine rings is 1. The van der Waals surface area contributed by atoms with Crippen molar-refractivity contribution in [2.24, 2.45) is 0 Å². The highest BCUT2D eigenvalue weighted by molar-refractivity contribution is 5.88. The molecule has 3 rings (SSSR count). The molecule has 98 valence electrons. The molecule has 0 saturated carbocycles. The Hall–Kier alpha value is -3.02. The second-order valence-electron chi connectivity index (χ2n) is 4.05. The number of hydrogen-bond acceptors (Lipinski definition) is 5. The normalized spacial score (nSPS) is 10.4. The molecule has 1 aromatic carbocycles. The lowest BCUT2D eigenvalue weighted by Crippen LogP contribution is -1.95. The number of aromatic nitrogens is 3. The Morgan fingerprint density at radius 2 is 1.90 bits per heavy atom. The van der Waals surface area contributed by atoms with Crippen LogP contribution in [0, 0.1) is 0 Å². The molecule has 0 unspecified atom stereocenters. The van der Waals surface area contributed by atoms with Crippen LogP contribution in [-0.4, -0.2) is 26.2 Å². The number of carboxylic acid groups (broad SMARTS) is 1. The molecule has 0 aliphatic rings. The van der Waals surface area contributed by atoms with E-state index in [1.807, 2.05) is 6.07 Å². The number of hydrogen-bond donors (Lipinski definition) is 1. The van der Waals surface area contributed by atoms with Crippen molar-refractivity contribution in [2.75, 3.05) is 0 Å². The number of rotatable bonds is 3. The predicted molar refractivity (Wildman–Crippen MR) is 69.9 cm³/mol. The number of aromatic carboxylic acids is 1. The smallest absolute Gasteiger partial charge is 0.335 e. The topological polar surface area (TPSA) is 89.1 Å². The van der Waals surface area contributed by atoms with E-state index in [9.17, 15) is 4.79 Å². The average molecular weight is 267 g/mol. The first kappa shape index (κ1) is 12.0. The first-order valence-electron chi connectivity index (χ1n) is 5.82. The van der Waals surface area contributed by atoms with Crippen molar-refractivity contribution in [2.45, 2.75) is 0 Å². The molecule has 0 aliphatic heterocycles. The van der Waals surface area contributed by atoms with E-state index in [0.29, 0.717) is 17.3 Å². The highest BCUT2D eigenvalue weighted by Gasteiger charge is 2.11. The van der Waals surface area contributed by atoms with Crippen LogP contribution in [0.3, 0.4) is 0 Å². The second-order valence-corrected chi connectivity index (χ2v) is 4.05. The van der Waals surface area contributed by atoms with Crippen LogP contribution in [0.1, 0.15) is 10.4 Å². The molecule has 6 nitrogen and oxygen atoms in total. The fourth-order valence-corrected chi connectivity index (χ4v) is 1.71. The first-order valence-corrected chi connectivity index (χ1v) is 5.82. The Morgan fingerprint density at radius 1 is 1.10 bits per heavy atom. The average Bonchev–Trinajstić information content (AvgIpc) is 2.98. The minimum absolute atomic E-state index is 0.213. The minimum atomic E-state index is -0.972. The van der Waals surface area contributed by atoms with E-state index in [1.165, 1.54) is 12.1 Å². The molecule has 2 heterocycles. The molecule has 3 aromatic rings. The van der Waals surface area contributed by atoms with Gasteiger partial charge in [-0.15, -0.1) is 0 Å². The molecule has 0 amide bonds. The molecule has 2 aromatic heterocycles. The van der Waals surface area contributed by atoms with Gasteiger partial charge in [0.2, 0.25) is 5.82 Å². The van der Waals surface area contributed by atoms with Crippen LogP contribution in [0.5, 0.6) is 0 Å². The third-order valence-electron chi connectivity index (χ3n) is 2.72. The van der Waals surface area contributed by atoms with Gasteiger partial charge in [-0.25, -0.2) is 4.79 Å². The van der Waals surface area contributed by atoms with Gasteiger partial charge >= 0.3 is 5.97 Å². The minimum Gasteiger partial charge on any atom is -0.478 e. The lowest BCUT2D eigenvalue weighted by Gasteiger charge is -1.95. The monoisotopic (exact) mass is 267 g/mol. The van der Waals surface area contributed by atoms with Gasteiger partial charge in [0.15, 0.2) is 0 Å². The van der Waals surface area contributed by atoms with Crippen LogP contribution < -0.4 is 0 Å². The fourth-order valence-electron chi connectivity index (χ4n) is 1.71. The van der Waals surface area contributed by atoms with Crippen LogP contribution in [0.4, 0.5) is 0 Å². The van der Waals surface area contributed by atoms with Crippen LogP contribution >= 0.6 is 0 Å². The molecule has 20 heavy (non-hydrogen) atoms. The van der Waals surface area contributed by atoms with E-state index in [2.05, 4.69) is 15.1 Å². The quantitative estimate of drug-likeness (QED) is 0.784. The van der Waals surface area contributed by atoms with Gasteiger partial charge in [0.25, 0.3) is 5.89 Å². The summed E-state index contributed by atoms with van der Waals surface area (Å²) in [7, 11) is 0. The van der Waals surface area contributed by atoms with E-state index in [0.717, 1.165) is 5.56 Å². The largest absolute Gasteiger partial charge is 0.478 e. The molecule has 0 radical (unpaired) electrons. The molecule has 0 aliphatic carbocycles. The van der Waals surface area contributed by atoms with E-state index >= 15 is 0 Å². The molecule has 0 spiro atoms. The van der Waals surface area contributed by atoms with Crippen molar-refractivity contribution < 1.29 is 14.4 Å². The van der Waals surface area contributed by atoms with Gasteiger partial charge in [0.05, 0.1) is 11.1 Å². The summed E-state index contributed by atoms with van der Waals surface area (Å²) >= 11 is 0. The Labute approximate surface area is 113 Å². The number of nitrogens with zero attached hydrogens (tertiary/aromatic N) is 3. The molecular weight excluding hydrogens is 258 g/mol. The van der Waals surface area contributed by atoms with E-state index in [-0.39, 0.29) is 5.56 Å². The summed E-state index contributed by atoms with van der Waals surface area (Å²) in [5.41, 5.74) is 1.63. The summed E-state index contributed by atoms with van der Waals surface area (Å²) in [4.78, 5) is 19.0. The molecule has 0 atom stereocenters. The summed E-state index contributed by atoms with van der Waals surface area (Å²) in [6.07, 6.45) is 3.29. The van der Waals surface area contributed by atoms with Gasteiger partial charge < -0.3 is 9.63 Å². The van der Waals surface area contributed by atoms with Crippen molar-refractivity contribution in [1.29, 1.82) is 0 Å². The van der Waals surface area contributed by atoms with Crippen molar-refractivity contribution >= 4 is 5.97 Å². The highest BCUT2D eigenvalue weighted by atomic mass is 16.5. The predicted octanol–water partition coefficient (Wildman–Crippen LogP) is 2.50. The van der Waals surface area contributed by atoms with Gasteiger partial charge in [-0.3, -0.25) is 4.98 Å². The summed E-state index contributed by atoms with van der Waals surface area (Å²) in [5, 5.41) is 12.7. The Kier molecular flexibility index (Phi) is 2.96. The van der Waals surface area contributed by atoms with E-state index < -0.39 is 5.97 Å².